The smallest absolute Gasteiger partial charge is 0.128 e. The molecule has 0 atom stereocenters. The summed E-state index contributed by atoms with van der Waals surface area (Å²) in [6.07, 6.45) is 0. The van der Waals surface area contributed by atoms with E-state index in [0.29, 0.717) is 34.8 Å². The van der Waals surface area contributed by atoms with Crippen molar-refractivity contribution in [3.05, 3.63) is 71.6 Å². The van der Waals surface area contributed by atoms with Crippen LogP contribution >= 0.6 is 0 Å². The molecule has 0 saturated carbocycles. The van der Waals surface area contributed by atoms with E-state index in [-0.39, 0.29) is 5.82 Å². The van der Waals surface area contributed by atoms with Gasteiger partial charge in [0.1, 0.15) is 5.82 Å². The average molecular weight is 283 g/mol. The summed E-state index contributed by atoms with van der Waals surface area (Å²) in [6, 6.07) is 12.0. The molecule has 4 N–H and O–H groups in total. The van der Waals surface area contributed by atoms with E-state index in [0.717, 1.165) is 5.56 Å². The van der Waals surface area contributed by atoms with Gasteiger partial charge in [0.25, 0.3) is 0 Å². The number of nitrogens with two attached hydrogens (primary N) is 1. The van der Waals surface area contributed by atoms with Gasteiger partial charge in [-0.3, -0.25) is 0 Å². The van der Waals surface area contributed by atoms with Crippen LogP contribution in [-0.4, -0.2) is 5.71 Å². The van der Waals surface area contributed by atoms with Crippen LogP contribution < -0.4 is 11.1 Å². The molecule has 0 aliphatic carbocycles. The van der Waals surface area contributed by atoms with Gasteiger partial charge in [0.2, 0.25) is 0 Å². The maximum atomic E-state index is 13.6. The Bertz CT molecular complexity index is 692. The van der Waals surface area contributed by atoms with Crippen LogP contribution in [0.4, 0.5) is 10.1 Å². The Hall–Kier alpha value is -2.62. The number of anilines is 1. The Kier molecular flexibility index (Phi) is 4.38. The van der Waals surface area contributed by atoms with Crippen molar-refractivity contribution in [2.45, 2.75) is 13.5 Å². The van der Waals surface area contributed by atoms with E-state index < -0.39 is 0 Å². The molecule has 21 heavy (non-hydrogen) atoms. The quantitative estimate of drug-likeness (QED) is 0.580. The summed E-state index contributed by atoms with van der Waals surface area (Å²) < 4.78 is 13.6. The summed E-state index contributed by atoms with van der Waals surface area (Å²) in [5, 5.41) is 10.8. The molecule has 0 aliphatic rings. The van der Waals surface area contributed by atoms with Crippen LogP contribution in [0.25, 0.3) is 5.70 Å². The van der Waals surface area contributed by atoms with Gasteiger partial charge in [-0.1, -0.05) is 30.8 Å². The van der Waals surface area contributed by atoms with Crippen LogP contribution in [0, 0.1) is 11.2 Å². The second-order valence-electron chi connectivity index (χ2n) is 4.85. The van der Waals surface area contributed by atoms with Gasteiger partial charge in [-0.15, -0.1) is 0 Å². The largest absolute Gasteiger partial charge is 0.398 e. The van der Waals surface area contributed by atoms with Gasteiger partial charge in [-0.05, 0) is 30.7 Å². The van der Waals surface area contributed by atoms with Crippen LogP contribution in [-0.2, 0) is 6.54 Å². The van der Waals surface area contributed by atoms with Gasteiger partial charge in [0.05, 0.1) is 0 Å². The van der Waals surface area contributed by atoms with E-state index >= 15 is 0 Å². The molecule has 0 heterocycles. The SMILES string of the molecule is C=C(NCc1ccccc1F)c1ccc(N)c(C(C)=N)c1. The van der Waals surface area contributed by atoms with Gasteiger partial charge >= 0.3 is 0 Å². The van der Waals surface area contributed by atoms with Crippen molar-refractivity contribution < 1.29 is 4.39 Å². The first kappa shape index (κ1) is 14.8. The third-order valence-corrected chi connectivity index (χ3v) is 3.26. The zero-order valence-corrected chi connectivity index (χ0v) is 11.9. The average Bonchev–Trinajstić information content (AvgIpc) is 2.46. The Morgan fingerprint density at radius 3 is 2.67 bits per heavy atom. The highest BCUT2D eigenvalue weighted by Crippen LogP contribution is 2.19. The zero-order chi connectivity index (χ0) is 15.4. The van der Waals surface area contributed by atoms with Crippen molar-refractivity contribution in [1.29, 1.82) is 5.41 Å². The molecule has 0 aromatic heterocycles. The predicted octanol–water partition coefficient (Wildman–Crippen LogP) is 3.56. The van der Waals surface area contributed by atoms with Crippen LogP contribution in [0.15, 0.2) is 49.0 Å². The number of nitrogens with one attached hydrogen (secondary N) is 2. The Morgan fingerprint density at radius 1 is 1.29 bits per heavy atom. The van der Waals surface area contributed by atoms with Gasteiger partial charge < -0.3 is 16.5 Å². The van der Waals surface area contributed by atoms with Gasteiger partial charge in [-0.2, -0.15) is 0 Å². The van der Waals surface area contributed by atoms with Crippen molar-refractivity contribution >= 4 is 17.1 Å². The van der Waals surface area contributed by atoms with Crippen molar-refractivity contribution in [2.75, 3.05) is 5.73 Å². The van der Waals surface area contributed by atoms with Gasteiger partial charge in [0, 0.05) is 34.8 Å². The lowest BCUT2D eigenvalue weighted by Crippen LogP contribution is -2.12. The fourth-order valence-electron chi connectivity index (χ4n) is 2.01. The first-order valence-corrected chi connectivity index (χ1v) is 6.60. The number of benzene rings is 2. The third-order valence-electron chi connectivity index (χ3n) is 3.26. The lowest BCUT2D eigenvalue weighted by molar-refractivity contribution is 0.605. The van der Waals surface area contributed by atoms with Crippen LogP contribution in [0.3, 0.4) is 0 Å². The van der Waals surface area contributed by atoms with Crippen LogP contribution in [0.1, 0.15) is 23.6 Å². The Morgan fingerprint density at radius 2 is 2.00 bits per heavy atom. The summed E-state index contributed by atoms with van der Waals surface area (Å²) in [5.41, 5.74) is 9.56. The number of rotatable bonds is 5. The summed E-state index contributed by atoms with van der Waals surface area (Å²) in [6.45, 7) is 6.00. The topological polar surface area (TPSA) is 61.9 Å². The molecule has 4 heteroatoms. The fraction of sp³-hybridized carbons (Fsp3) is 0.118. The van der Waals surface area contributed by atoms with Crippen molar-refractivity contribution in [1.82, 2.24) is 5.32 Å². The standard InChI is InChI=1S/C17H18FN3/c1-11(19)15-9-13(7-8-17(15)20)12(2)21-10-14-5-3-4-6-16(14)18/h3-9,19,21H,2,10,20H2,1H3. The second-order valence-corrected chi connectivity index (χ2v) is 4.85. The minimum atomic E-state index is -0.244. The third kappa shape index (κ3) is 3.48. The first-order chi connectivity index (χ1) is 9.99. The number of hydrogen-bond donors (Lipinski definition) is 3. The zero-order valence-electron chi connectivity index (χ0n) is 11.9. The maximum Gasteiger partial charge on any atom is 0.128 e. The van der Waals surface area contributed by atoms with E-state index in [4.69, 9.17) is 11.1 Å². The fourth-order valence-corrected chi connectivity index (χ4v) is 2.01. The molecule has 0 radical (unpaired) electrons. The lowest BCUT2D eigenvalue weighted by atomic mass is 10.0. The summed E-state index contributed by atoms with van der Waals surface area (Å²) in [5.74, 6) is -0.244. The highest BCUT2D eigenvalue weighted by atomic mass is 19.1. The molecule has 0 amide bonds. The minimum absolute atomic E-state index is 0.244. The summed E-state index contributed by atoms with van der Waals surface area (Å²) >= 11 is 0. The van der Waals surface area contributed by atoms with Crippen molar-refractivity contribution in [3.63, 3.8) is 0 Å². The normalized spacial score (nSPS) is 10.2. The molecule has 0 saturated heterocycles. The monoisotopic (exact) mass is 283 g/mol. The molecule has 2 aromatic rings. The molecule has 0 bridgehead atoms. The second kappa shape index (κ2) is 6.22. The van der Waals surface area contributed by atoms with E-state index in [1.807, 2.05) is 12.1 Å². The number of halogens is 1. The summed E-state index contributed by atoms with van der Waals surface area (Å²) in [7, 11) is 0. The molecule has 108 valence electrons. The molecular formula is C17H18FN3. The lowest BCUT2D eigenvalue weighted by Gasteiger charge is -2.13. The van der Waals surface area contributed by atoms with Crippen molar-refractivity contribution in [2.24, 2.45) is 0 Å². The Balaban J connectivity index is 2.12. The number of nitrogen functional groups attached to an aromatic ring is 1. The predicted molar refractivity (Wildman–Crippen MR) is 85.6 cm³/mol. The molecule has 0 aliphatic heterocycles. The highest BCUT2D eigenvalue weighted by Gasteiger charge is 2.06. The molecule has 2 rings (SSSR count). The van der Waals surface area contributed by atoms with E-state index in [9.17, 15) is 4.39 Å². The molecule has 0 spiro atoms. The molecule has 2 aromatic carbocycles. The van der Waals surface area contributed by atoms with Gasteiger partial charge in [-0.25, -0.2) is 4.39 Å². The highest BCUT2D eigenvalue weighted by molar-refractivity contribution is 6.01. The molecular weight excluding hydrogens is 265 g/mol. The van der Waals surface area contributed by atoms with E-state index in [1.54, 1.807) is 31.2 Å². The maximum absolute atomic E-state index is 13.6. The molecule has 0 unspecified atom stereocenters. The molecule has 0 fully saturated rings. The first-order valence-electron chi connectivity index (χ1n) is 6.60. The minimum Gasteiger partial charge on any atom is -0.398 e. The molecule has 3 nitrogen and oxygen atoms in total. The van der Waals surface area contributed by atoms with Crippen LogP contribution in [0.5, 0.6) is 0 Å². The number of hydrogen-bond acceptors (Lipinski definition) is 3. The van der Waals surface area contributed by atoms with Crippen LogP contribution in [0.2, 0.25) is 0 Å². The summed E-state index contributed by atoms with van der Waals surface area (Å²) in [4.78, 5) is 0. The van der Waals surface area contributed by atoms with Gasteiger partial charge in [0.15, 0.2) is 0 Å². The Labute approximate surface area is 123 Å². The van der Waals surface area contributed by atoms with Crippen molar-refractivity contribution in [3.8, 4) is 0 Å². The van der Waals surface area contributed by atoms with E-state index in [1.165, 1.54) is 6.07 Å². The van der Waals surface area contributed by atoms with E-state index in [2.05, 4.69) is 11.9 Å².